The van der Waals surface area contributed by atoms with E-state index in [1.54, 1.807) is 23.2 Å². The summed E-state index contributed by atoms with van der Waals surface area (Å²) in [5.74, 6) is 0.936. The van der Waals surface area contributed by atoms with Crippen LogP contribution in [0.3, 0.4) is 0 Å². The lowest BCUT2D eigenvalue weighted by atomic mass is 9.93. The number of amidine groups is 1. The van der Waals surface area contributed by atoms with Gasteiger partial charge in [0.05, 0.1) is 12.6 Å². The van der Waals surface area contributed by atoms with Crippen molar-refractivity contribution in [3.63, 3.8) is 0 Å². The predicted molar refractivity (Wildman–Crippen MR) is 106 cm³/mol. The molecule has 1 aromatic rings. The van der Waals surface area contributed by atoms with Crippen LogP contribution < -0.4 is 11.5 Å². The number of allylic oxidation sites excluding steroid dienone is 1. The molecule has 7 nitrogen and oxygen atoms in total. The summed E-state index contributed by atoms with van der Waals surface area (Å²) in [6.45, 7) is 8.81. The Morgan fingerprint density at radius 2 is 2.19 bits per heavy atom. The summed E-state index contributed by atoms with van der Waals surface area (Å²) >= 11 is 0. The van der Waals surface area contributed by atoms with Crippen molar-refractivity contribution < 1.29 is 9.53 Å². The number of carbonyl (C=O) groups excluding carboxylic acids is 1. The number of nitrogens with zero attached hydrogens (tertiary/aromatic N) is 3. The number of aliphatic imine (C=N–C) groups is 1. The van der Waals surface area contributed by atoms with E-state index in [-0.39, 0.29) is 17.8 Å². The van der Waals surface area contributed by atoms with Gasteiger partial charge in [0.25, 0.3) is 5.91 Å². The van der Waals surface area contributed by atoms with E-state index in [4.69, 9.17) is 16.2 Å². The second-order valence-corrected chi connectivity index (χ2v) is 6.92. The minimum atomic E-state index is -0.151. The molecule has 3 heterocycles. The van der Waals surface area contributed by atoms with Crippen molar-refractivity contribution in [2.45, 2.75) is 32.7 Å². The second-order valence-electron chi connectivity index (χ2n) is 6.92. The largest absolute Gasteiger partial charge is 0.384 e. The maximum atomic E-state index is 13.4. The van der Waals surface area contributed by atoms with Gasteiger partial charge < -0.3 is 16.2 Å². The summed E-state index contributed by atoms with van der Waals surface area (Å²) in [5, 5.41) is 0. The van der Waals surface area contributed by atoms with Gasteiger partial charge in [-0.3, -0.25) is 9.69 Å². The monoisotopic (exact) mass is 367 g/mol. The van der Waals surface area contributed by atoms with Crippen molar-refractivity contribution in [3.05, 3.63) is 53.5 Å². The molecular formula is C20H25N5O2. The molecule has 27 heavy (non-hydrogen) atoms. The van der Waals surface area contributed by atoms with Crippen LogP contribution in [-0.2, 0) is 9.53 Å². The van der Waals surface area contributed by atoms with Crippen LogP contribution in [-0.4, -0.2) is 40.9 Å². The van der Waals surface area contributed by atoms with E-state index in [1.807, 2.05) is 19.9 Å². The van der Waals surface area contributed by atoms with Gasteiger partial charge in [-0.15, -0.1) is 0 Å². The molecule has 0 aliphatic carbocycles. The molecule has 1 fully saturated rings. The average molecular weight is 367 g/mol. The molecule has 3 rings (SSSR count). The van der Waals surface area contributed by atoms with Crippen molar-refractivity contribution in [1.82, 2.24) is 9.88 Å². The molecule has 1 aromatic heterocycles. The number of amides is 1. The lowest BCUT2D eigenvalue weighted by molar-refractivity contribution is -0.125. The van der Waals surface area contributed by atoms with Gasteiger partial charge in [-0.05, 0) is 44.9 Å². The highest BCUT2D eigenvalue weighted by molar-refractivity contribution is 6.31. The quantitative estimate of drug-likeness (QED) is 0.852. The van der Waals surface area contributed by atoms with Crippen molar-refractivity contribution >= 4 is 23.1 Å². The second kappa shape index (κ2) is 7.75. The molecule has 0 radical (unpaired) electrons. The lowest BCUT2D eigenvalue weighted by Crippen LogP contribution is -2.51. The number of hydrogen-bond donors (Lipinski definition) is 2. The van der Waals surface area contributed by atoms with Crippen molar-refractivity contribution in [1.29, 1.82) is 0 Å². The molecule has 1 unspecified atom stereocenters. The number of carbonyl (C=O) groups is 1. The van der Waals surface area contributed by atoms with Gasteiger partial charge in [-0.2, -0.15) is 0 Å². The first-order valence-corrected chi connectivity index (χ1v) is 8.94. The smallest absolute Gasteiger partial charge is 0.260 e. The molecule has 0 aromatic carbocycles. The summed E-state index contributed by atoms with van der Waals surface area (Å²) < 4.78 is 5.62. The third-order valence-corrected chi connectivity index (χ3v) is 4.59. The molecule has 1 amide bonds. The maximum absolute atomic E-state index is 13.4. The number of aromatic nitrogens is 1. The third kappa shape index (κ3) is 3.93. The van der Waals surface area contributed by atoms with Gasteiger partial charge in [0, 0.05) is 29.5 Å². The van der Waals surface area contributed by atoms with Crippen LogP contribution in [0.4, 0.5) is 5.82 Å². The number of nitrogen functional groups attached to an aromatic ring is 1. The van der Waals surface area contributed by atoms with Crippen LogP contribution in [0.5, 0.6) is 0 Å². The van der Waals surface area contributed by atoms with E-state index in [1.165, 1.54) is 0 Å². The molecule has 0 spiro atoms. The number of anilines is 1. The van der Waals surface area contributed by atoms with Crippen LogP contribution in [0.2, 0.25) is 0 Å². The van der Waals surface area contributed by atoms with E-state index in [9.17, 15) is 4.79 Å². The summed E-state index contributed by atoms with van der Waals surface area (Å²) in [5.41, 5.74) is 14.6. The molecular weight excluding hydrogens is 342 g/mol. The number of pyridine rings is 1. The lowest BCUT2D eigenvalue weighted by Gasteiger charge is -2.38. The highest BCUT2D eigenvalue weighted by atomic mass is 16.5. The molecule has 0 bridgehead atoms. The Kier molecular flexibility index (Phi) is 5.41. The van der Waals surface area contributed by atoms with Gasteiger partial charge in [0.15, 0.2) is 0 Å². The molecule has 1 saturated heterocycles. The molecule has 142 valence electrons. The van der Waals surface area contributed by atoms with Crippen molar-refractivity contribution in [3.8, 4) is 0 Å². The molecule has 2 aliphatic rings. The van der Waals surface area contributed by atoms with Gasteiger partial charge in [0.1, 0.15) is 17.5 Å². The SMILES string of the molecule is C=C(N)/N=C1\C(=C(C)C)C=C(c2ccc(N)nc2)C(=O)N1C1CCCOC1. The summed E-state index contributed by atoms with van der Waals surface area (Å²) in [6.07, 6.45) is 5.18. The highest BCUT2D eigenvalue weighted by Gasteiger charge is 2.37. The van der Waals surface area contributed by atoms with Gasteiger partial charge in [-0.1, -0.05) is 12.2 Å². The molecule has 0 saturated carbocycles. The fourth-order valence-corrected chi connectivity index (χ4v) is 3.28. The number of nitrogens with two attached hydrogens (primary N) is 2. The number of hydrogen-bond acceptors (Lipinski definition) is 6. The van der Waals surface area contributed by atoms with Gasteiger partial charge in [0.2, 0.25) is 0 Å². The van der Waals surface area contributed by atoms with E-state index >= 15 is 0 Å². The Morgan fingerprint density at radius 1 is 1.41 bits per heavy atom. The van der Waals surface area contributed by atoms with Crippen molar-refractivity contribution in [2.24, 2.45) is 10.7 Å². The molecule has 2 aliphatic heterocycles. The van der Waals surface area contributed by atoms with Crippen LogP contribution in [0, 0.1) is 0 Å². The summed E-state index contributed by atoms with van der Waals surface area (Å²) in [7, 11) is 0. The Labute approximate surface area is 159 Å². The normalized spacial score (nSPS) is 22.0. The zero-order valence-electron chi connectivity index (χ0n) is 15.7. The van der Waals surface area contributed by atoms with Gasteiger partial charge >= 0.3 is 0 Å². The fourth-order valence-electron chi connectivity index (χ4n) is 3.28. The van der Waals surface area contributed by atoms with Crippen LogP contribution in [0.15, 0.2) is 52.9 Å². The van der Waals surface area contributed by atoms with E-state index < -0.39 is 0 Å². The summed E-state index contributed by atoms with van der Waals surface area (Å²) in [6, 6.07) is 3.38. The van der Waals surface area contributed by atoms with E-state index in [2.05, 4.69) is 16.6 Å². The molecule has 4 N–H and O–H groups in total. The third-order valence-electron chi connectivity index (χ3n) is 4.59. The molecule has 7 heteroatoms. The fraction of sp³-hybridized carbons (Fsp3) is 0.350. The van der Waals surface area contributed by atoms with E-state index in [0.717, 1.165) is 24.0 Å². The minimum Gasteiger partial charge on any atom is -0.384 e. The minimum absolute atomic E-state index is 0.107. The number of rotatable bonds is 3. The Hall–Kier alpha value is -2.93. The number of ether oxygens (including phenoxy) is 1. The zero-order chi connectivity index (χ0) is 19.6. The topological polar surface area (TPSA) is 107 Å². The standard InChI is InChI=1S/C20H25N5O2/c1-12(2)16-9-17(14-6-7-18(22)23-10-14)20(26)25(19(16)24-13(3)21)15-5-4-8-27-11-15/h6-7,9-10,15H,3-5,8,11,21H2,1-2H3,(H2,22,23)/b24-19+. The van der Waals surface area contributed by atoms with Crippen LogP contribution >= 0.6 is 0 Å². The first kappa shape index (κ1) is 18.8. The maximum Gasteiger partial charge on any atom is 0.260 e. The highest BCUT2D eigenvalue weighted by Crippen LogP contribution is 2.31. The zero-order valence-corrected chi connectivity index (χ0v) is 15.7. The first-order valence-electron chi connectivity index (χ1n) is 8.94. The predicted octanol–water partition coefficient (Wildman–Crippen LogP) is 2.23. The Balaban J connectivity index is 2.16. The van der Waals surface area contributed by atoms with Crippen LogP contribution in [0.25, 0.3) is 5.57 Å². The van der Waals surface area contributed by atoms with E-state index in [0.29, 0.717) is 36.0 Å². The first-order chi connectivity index (χ1) is 12.9. The Bertz CT molecular complexity index is 842. The Morgan fingerprint density at radius 3 is 2.74 bits per heavy atom. The van der Waals surface area contributed by atoms with Crippen molar-refractivity contribution in [2.75, 3.05) is 18.9 Å². The summed E-state index contributed by atoms with van der Waals surface area (Å²) in [4.78, 5) is 23.7. The average Bonchev–Trinajstić information content (AvgIpc) is 2.63. The van der Waals surface area contributed by atoms with Crippen LogP contribution in [0.1, 0.15) is 32.3 Å². The molecule has 1 atom stereocenters. The van der Waals surface area contributed by atoms with Gasteiger partial charge in [-0.25, -0.2) is 9.98 Å².